The SMILES string of the molecule is CCc1ccc(CNC(=NC)NCc2cc(F)ccc2F)s1. The first-order valence-corrected chi connectivity index (χ1v) is 7.90. The minimum atomic E-state index is -0.452. The summed E-state index contributed by atoms with van der Waals surface area (Å²) in [6, 6.07) is 7.60. The van der Waals surface area contributed by atoms with Gasteiger partial charge in [0.15, 0.2) is 5.96 Å². The number of hydrogen-bond donors (Lipinski definition) is 2. The lowest BCUT2D eigenvalue weighted by Gasteiger charge is -2.11. The summed E-state index contributed by atoms with van der Waals surface area (Å²) in [6.07, 6.45) is 1.02. The van der Waals surface area contributed by atoms with Crippen LogP contribution in [-0.4, -0.2) is 13.0 Å². The smallest absolute Gasteiger partial charge is 0.191 e. The molecule has 0 aliphatic heterocycles. The Labute approximate surface area is 133 Å². The number of benzene rings is 1. The molecule has 118 valence electrons. The second-order valence-corrected chi connectivity index (χ2v) is 5.99. The Morgan fingerprint density at radius 3 is 2.50 bits per heavy atom. The summed E-state index contributed by atoms with van der Waals surface area (Å²) in [5, 5.41) is 6.14. The minimum Gasteiger partial charge on any atom is -0.352 e. The molecule has 1 aromatic heterocycles. The highest BCUT2D eigenvalue weighted by atomic mass is 32.1. The Bertz CT molecular complexity index is 653. The van der Waals surface area contributed by atoms with Crippen LogP contribution >= 0.6 is 11.3 Å². The van der Waals surface area contributed by atoms with Gasteiger partial charge in [0, 0.05) is 28.9 Å². The van der Waals surface area contributed by atoms with Crippen molar-refractivity contribution in [1.82, 2.24) is 10.6 Å². The number of halogens is 2. The summed E-state index contributed by atoms with van der Waals surface area (Å²) in [5.41, 5.74) is 0.271. The van der Waals surface area contributed by atoms with E-state index in [2.05, 4.69) is 34.7 Å². The minimum absolute atomic E-state index is 0.175. The molecule has 0 aliphatic rings. The number of aryl methyl sites for hydroxylation is 1. The van der Waals surface area contributed by atoms with Crippen molar-refractivity contribution in [1.29, 1.82) is 0 Å². The van der Waals surface area contributed by atoms with E-state index in [1.165, 1.54) is 15.8 Å². The van der Waals surface area contributed by atoms with Gasteiger partial charge in [-0.1, -0.05) is 6.92 Å². The van der Waals surface area contributed by atoms with Gasteiger partial charge in [-0.3, -0.25) is 4.99 Å². The van der Waals surface area contributed by atoms with Crippen molar-refractivity contribution in [3.63, 3.8) is 0 Å². The van der Waals surface area contributed by atoms with Crippen LogP contribution in [0.5, 0.6) is 0 Å². The van der Waals surface area contributed by atoms with Crippen molar-refractivity contribution in [3.05, 3.63) is 57.3 Å². The first-order chi connectivity index (χ1) is 10.6. The molecular weight excluding hydrogens is 304 g/mol. The van der Waals surface area contributed by atoms with Gasteiger partial charge in [-0.15, -0.1) is 11.3 Å². The Balaban J connectivity index is 1.88. The first-order valence-electron chi connectivity index (χ1n) is 7.08. The van der Waals surface area contributed by atoms with Crippen LogP contribution in [0.1, 0.15) is 22.2 Å². The van der Waals surface area contributed by atoms with Gasteiger partial charge in [-0.05, 0) is 36.8 Å². The Kier molecular flexibility index (Phi) is 5.89. The van der Waals surface area contributed by atoms with Gasteiger partial charge in [0.2, 0.25) is 0 Å². The molecule has 3 nitrogen and oxygen atoms in total. The van der Waals surface area contributed by atoms with Gasteiger partial charge in [0.05, 0.1) is 6.54 Å². The Morgan fingerprint density at radius 1 is 1.09 bits per heavy atom. The fourth-order valence-electron chi connectivity index (χ4n) is 1.96. The van der Waals surface area contributed by atoms with E-state index in [0.29, 0.717) is 12.5 Å². The molecule has 2 aromatic rings. The summed E-state index contributed by atoms with van der Waals surface area (Å²) < 4.78 is 26.7. The number of thiophene rings is 1. The highest BCUT2D eigenvalue weighted by molar-refractivity contribution is 7.11. The molecule has 6 heteroatoms. The van der Waals surface area contributed by atoms with E-state index in [9.17, 15) is 8.78 Å². The number of rotatable bonds is 5. The number of guanidine groups is 1. The van der Waals surface area contributed by atoms with Crippen LogP contribution in [-0.2, 0) is 19.5 Å². The first kappa shape index (κ1) is 16.4. The Hall–Kier alpha value is -1.95. The lowest BCUT2D eigenvalue weighted by molar-refractivity contribution is 0.581. The van der Waals surface area contributed by atoms with Gasteiger partial charge < -0.3 is 10.6 Å². The van der Waals surface area contributed by atoms with Crippen LogP contribution in [0.15, 0.2) is 35.3 Å². The van der Waals surface area contributed by atoms with Crippen LogP contribution in [0.25, 0.3) is 0 Å². The maximum atomic E-state index is 13.6. The fourth-order valence-corrected chi connectivity index (χ4v) is 2.85. The quantitative estimate of drug-likeness (QED) is 0.653. The molecule has 0 saturated heterocycles. The Morgan fingerprint density at radius 2 is 1.82 bits per heavy atom. The lowest BCUT2D eigenvalue weighted by Crippen LogP contribution is -2.36. The second-order valence-electron chi connectivity index (χ2n) is 4.74. The lowest BCUT2D eigenvalue weighted by atomic mass is 10.2. The molecule has 22 heavy (non-hydrogen) atoms. The maximum Gasteiger partial charge on any atom is 0.191 e. The van der Waals surface area contributed by atoms with E-state index in [-0.39, 0.29) is 12.1 Å². The normalized spacial score (nSPS) is 11.5. The number of aliphatic imine (C=N–C) groups is 1. The van der Waals surface area contributed by atoms with Crippen LogP contribution in [0.2, 0.25) is 0 Å². The van der Waals surface area contributed by atoms with Crippen molar-refractivity contribution in [3.8, 4) is 0 Å². The molecule has 0 bridgehead atoms. The van der Waals surface area contributed by atoms with Gasteiger partial charge in [0.1, 0.15) is 11.6 Å². The van der Waals surface area contributed by atoms with Gasteiger partial charge in [-0.25, -0.2) is 8.78 Å². The summed E-state index contributed by atoms with van der Waals surface area (Å²) in [6.45, 7) is 2.95. The number of nitrogens with zero attached hydrogens (tertiary/aromatic N) is 1. The van der Waals surface area contributed by atoms with Gasteiger partial charge in [-0.2, -0.15) is 0 Å². The van der Waals surface area contributed by atoms with E-state index >= 15 is 0 Å². The zero-order valence-corrected chi connectivity index (χ0v) is 13.4. The standard InChI is InChI=1S/C16H19F2N3S/c1-3-13-5-6-14(22-13)10-21-16(19-2)20-9-11-8-12(17)4-7-15(11)18/h4-8H,3,9-10H2,1-2H3,(H2,19,20,21). The number of hydrogen-bond acceptors (Lipinski definition) is 2. The molecule has 2 N–H and O–H groups in total. The summed E-state index contributed by atoms with van der Waals surface area (Å²) in [5.74, 6) is -0.336. The van der Waals surface area contributed by atoms with E-state index < -0.39 is 11.6 Å². The topological polar surface area (TPSA) is 36.4 Å². The molecule has 0 fully saturated rings. The fraction of sp³-hybridized carbons (Fsp3) is 0.312. The summed E-state index contributed by atoms with van der Waals surface area (Å²) >= 11 is 1.75. The molecule has 0 radical (unpaired) electrons. The van der Waals surface area contributed by atoms with E-state index in [1.54, 1.807) is 18.4 Å². The number of nitrogens with one attached hydrogen (secondary N) is 2. The van der Waals surface area contributed by atoms with Crippen molar-refractivity contribution in [2.24, 2.45) is 4.99 Å². The highest BCUT2D eigenvalue weighted by Crippen LogP contribution is 2.16. The van der Waals surface area contributed by atoms with Crippen LogP contribution < -0.4 is 10.6 Å². The molecule has 2 rings (SSSR count). The average Bonchev–Trinajstić information content (AvgIpc) is 2.98. The van der Waals surface area contributed by atoms with Gasteiger partial charge >= 0.3 is 0 Å². The molecule has 0 amide bonds. The maximum absolute atomic E-state index is 13.6. The molecule has 1 aromatic carbocycles. The third-order valence-electron chi connectivity index (χ3n) is 3.17. The molecule has 0 saturated carbocycles. The predicted molar refractivity (Wildman–Crippen MR) is 87.1 cm³/mol. The largest absolute Gasteiger partial charge is 0.352 e. The van der Waals surface area contributed by atoms with Crippen molar-refractivity contribution in [2.75, 3.05) is 7.05 Å². The highest BCUT2D eigenvalue weighted by Gasteiger charge is 2.06. The molecule has 0 spiro atoms. The monoisotopic (exact) mass is 323 g/mol. The molecular formula is C16H19F2N3S. The van der Waals surface area contributed by atoms with Crippen molar-refractivity contribution < 1.29 is 8.78 Å². The van der Waals surface area contributed by atoms with Crippen LogP contribution in [0, 0.1) is 11.6 Å². The average molecular weight is 323 g/mol. The summed E-state index contributed by atoms with van der Waals surface area (Å²) in [7, 11) is 1.64. The second kappa shape index (κ2) is 7.89. The zero-order chi connectivity index (χ0) is 15.9. The van der Waals surface area contributed by atoms with E-state index in [1.807, 2.05) is 0 Å². The van der Waals surface area contributed by atoms with Crippen LogP contribution in [0.3, 0.4) is 0 Å². The summed E-state index contributed by atoms with van der Waals surface area (Å²) in [4.78, 5) is 6.62. The molecule has 0 aliphatic carbocycles. The zero-order valence-electron chi connectivity index (χ0n) is 12.6. The predicted octanol–water partition coefficient (Wildman–Crippen LogP) is 3.45. The van der Waals surface area contributed by atoms with Gasteiger partial charge in [0.25, 0.3) is 0 Å². The van der Waals surface area contributed by atoms with Crippen molar-refractivity contribution in [2.45, 2.75) is 26.4 Å². The van der Waals surface area contributed by atoms with E-state index in [4.69, 9.17) is 0 Å². The molecule has 0 unspecified atom stereocenters. The van der Waals surface area contributed by atoms with Crippen LogP contribution in [0.4, 0.5) is 8.78 Å². The van der Waals surface area contributed by atoms with Crippen molar-refractivity contribution >= 4 is 17.3 Å². The third-order valence-corrected chi connectivity index (χ3v) is 4.40. The third kappa shape index (κ3) is 4.53. The van der Waals surface area contributed by atoms with E-state index in [0.717, 1.165) is 18.6 Å². The molecule has 0 atom stereocenters. The molecule has 1 heterocycles.